The number of hydrogen-bond donors (Lipinski definition) is 1. The fourth-order valence-electron chi connectivity index (χ4n) is 1.50. The molecular weight excluding hydrogens is 190 g/mol. The fourth-order valence-corrected chi connectivity index (χ4v) is 1.50. The SMILES string of the molecule is CCOC(C(N)=O)C(C)CC(C)=C(C)C. The van der Waals surface area contributed by atoms with E-state index < -0.39 is 6.10 Å². The van der Waals surface area contributed by atoms with Gasteiger partial charge in [0.25, 0.3) is 0 Å². The minimum atomic E-state index is -0.468. The normalized spacial score (nSPS) is 14.5. The van der Waals surface area contributed by atoms with Crippen LogP contribution in [0.1, 0.15) is 41.0 Å². The molecule has 0 aliphatic rings. The first-order valence-electron chi connectivity index (χ1n) is 5.44. The van der Waals surface area contributed by atoms with Crippen LogP contribution in [0.4, 0.5) is 0 Å². The van der Waals surface area contributed by atoms with E-state index in [-0.39, 0.29) is 11.8 Å². The standard InChI is InChI=1S/C12H23NO2/c1-6-15-11(12(13)14)10(5)7-9(4)8(2)3/h10-11H,6-7H2,1-5H3,(H2,13,14). The Balaban J connectivity index is 4.45. The molecule has 0 aliphatic heterocycles. The first-order chi connectivity index (χ1) is 6.90. The second kappa shape index (κ2) is 6.62. The van der Waals surface area contributed by atoms with E-state index in [1.165, 1.54) is 11.1 Å². The van der Waals surface area contributed by atoms with Crippen LogP contribution in [0, 0.1) is 5.92 Å². The number of nitrogens with two attached hydrogens (primary N) is 1. The summed E-state index contributed by atoms with van der Waals surface area (Å²) in [6, 6.07) is 0. The molecule has 2 atom stereocenters. The molecule has 0 radical (unpaired) electrons. The Hall–Kier alpha value is -0.830. The average Bonchev–Trinajstić information content (AvgIpc) is 2.12. The number of carbonyl (C=O) groups is 1. The molecule has 0 spiro atoms. The molecule has 3 nitrogen and oxygen atoms in total. The highest BCUT2D eigenvalue weighted by atomic mass is 16.5. The number of primary amides is 1. The summed E-state index contributed by atoms with van der Waals surface area (Å²) in [5.41, 5.74) is 7.89. The molecule has 0 aromatic heterocycles. The highest BCUT2D eigenvalue weighted by Crippen LogP contribution is 2.19. The number of amides is 1. The van der Waals surface area contributed by atoms with E-state index in [1.54, 1.807) is 0 Å². The third-order valence-electron chi connectivity index (χ3n) is 2.63. The van der Waals surface area contributed by atoms with Gasteiger partial charge in [0.05, 0.1) is 0 Å². The van der Waals surface area contributed by atoms with Gasteiger partial charge in [0.1, 0.15) is 6.10 Å². The second-order valence-electron chi connectivity index (χ2n) is 4.24. The lowest BCUT2D eigenvalue weighted by atomic mass is 9.94. The molecule has 0 aliphatic carbocycles. The molecule has 0 bridgehead atoms. The predicted octanol–water partition coefficient (Wildman–Crippen LogP) is 2.26. The van der Waals surface area contributed by atoms with Crippen molar-refractivity contribution in [2.75, 3.05) is 6.61 Å². The molecule has 0 saturated carbocycles. The molecule has 0 aromatic carbocycles. The van der Waals surface area contributed by atoms with Crippen LogP contribution >= 0.6 is 0 Å². The van der Waals surface area contributed by atoms with Gasteiger partial charge in [-0.2, -0.15) is 0 Å². The molecule has 0 aromatic rings. The lowest BCUT2D eigenvalue weighted by Crippen LogP contribution is -2.36. The van der Waals surface area contributed by atoms with Gasteiger partial charge in [-0.25, -0.2) is 0 Å². The van der Waals surface area contributed by atoms with Crippen LogP contribution < -0.4 is 5.73 Å². The van der Waals surface area contributed by atoms with Gasteiger partial charge in [-0.05, 0) is 40.0 Å². The largest absolute Gasteiger partial charge is 0.368 e. The number of ether oxygens (including phenoxy) is 1. The molecule has 0 saturated heterocycles. The van der Waals surface area contributed by atoms with Gasteiger partial charge in [0, 0.05) is 6.61 Å². The highest BCUT2D eigenvalue weighted by Gasteiger charge is 2.23. The maximum Gasteiger partial charge on any atom is 0.246 e. The van der Waals surface area contributed by atoms with E-state index in [0.29, 0.717) is 6.61 Å². The zero-order valence-corrected chi connectivity index (χ0v) is 10.5. The Kier molecular flexibility index (Phi) is 6.25. The summed E-state index contributed by atoms with van der Waals surface area (Å²) in [7, 11) is 0. The van der Waals surface area contributed by atoms with Gasteiger partial charge >= 0.3 is 0 Å². The van der Waals surface area contributed by atoms with Crippen molar-refractivity contribution < 1.29 is 9.53 Å². The molecule has 88 valence electrons. The van der Waals surface area contributed by atoms with Crippen molar-refractivity contribution in [3.8, 4) is 0 Å². The summed E-state index contributed by atoms with van der Waals surface area (Å²) >= 11 is 0. The van der Waals surface area contributed by atoms with Crippen molar-refractivity contribution in [3.63, 3.8) is 0 Å². The number of hydrogen-bond acceptors (Lipinski definition) is 2. The van der Waals surface area contributed by atoms with Crippen LogP contribution in [0.25, 0.3) is 0 Å². The Morgan fingerprint density at radius 1 is 1.33 bits per heavy atom. The molecule has 0 fully saturated rings. The van der Waals surface area contributed by atoms with E-state index in [2.05, 4.69) is 20.8 Å². The average molecular weight is 213 g/mol. The highest BCUT2D eigenvalue weighted by molar-refractivity contribution is 5.79. The summed E-state index contributed by atoms with van der Waals surface area (Å²) < 4.78 is 5.35. The summed E-state index contributed by atoms with van der Waals surface area (Å²) in [6.07, 6.45) is 0.389. The van der Waals surface area contributed by atoms with E-state index in [0.717, 1.165) is 6.42 Å². The van der Waals surface area contributed by atoms with Gasteiger partial charge in [0.15, 0.2) is 0 Å². The Morgan fingerprint density at radius 3 is 2.20 bits per heavy atom. The summed E-state index contributed by atoms with van der Waals surface area (Å²) in [5.74, 6) is -0.233. The zero-order valence-electron chi connectivity index (χ0n) is 10.5. The first kappa shape index (κ1) is 14.2. The van der Waals surface area contributed by atoms with E-state index in [1.807, 2.05) is 13.8 Å². The van der Waals surface area contributed by atoms with Gasteiger partial charge < -0.3 is 10.5 Å². The molecular formula is C12H23NO2. The zero-order chi connectivity index (χ0) is 12.0. The second-order valence-corrected chi connectivity index (χ2v) is 4.24. The third-order valence-corrected chi connectivity index (χ3v) is 2.63. The summed E-state index contributed by atoms with van der Waals surface area (Å²) in [4.78, 5) is 11.2. The van der Waals surface area contributed by atoms with Gasteiger partial charge in [-0.1, -0.05) is 18.1 Å². The number of carbonyl (C=O) groups excluding carboxylic acids is 1. The Bertz CT molecular complexity index is 242. The van der Waals surface area contributed by atoms with Crippen molar-refractivity contribution in [1.29, 1.82) is 0 Å². The van der Waals surface area contributed by atoms with Crippen LogP contribution in [-0.2, 0) is 9.53 Å². The van der Waals surface area contributed by atoms with Crippen molar-refractivity contribution in [2.24, 2.45) is 11.7 Å². The molecule has 0 rings (SSSR count). The molecule has 3 heteroatoms. The van der Waals surface area contributed by atoms with Crippen molar-refractivity contribution in [2.45, 2.75) is 47.1 Å². The van der Waals surface area contributed by atoms with Crippen LogP contribution in [0.15, 0.2) is 11.1 Å². The van der Waals surface area contributed by atoms with Gasteiger partial charge in [0.2, 0.25) is 5.91 Å². The van der Waals surface area contributed by atoms with Crippen molar-refractivity contribution in [3.05, 3.63) is 11.1 Å². The molecule has 0 heterocycles. The van der Waals surface area contributed by atoms with Crippen molar-refractivity contribution >= 4 is 5.91 Å². The summed E-state index contributed by atoms with van der Waals surface area (Å²) in [5, 5.41) is 0. The quantitative estimate of drug-likeness (QED) is 0.688. The molecule has 2 unspecified atom stereocenters. The topological polar surface area (TPSA) is 52.3 Å². The monoisotopic (exact) mass is 213 g/mol. The van der Waals surface area contributed by atoms with E-state index >= 15 is 0 Å². The van der Waals surface area contributed by atoms with Crippen LogP contribution in [0.2, 0.25) is 0 Å². The lowest BCUT2D eigenvalue weighted by Gasteiger charge is -2.21. The van der Waals surface area contributed by atoms with Crippen LogP contribution in [0.3, 0.4) is 0 Å². The molecule has 1 amide bonds. The predicted molar refractivity (Wildman–Crippen MR) is 62.4 cm³/mol. The fraction of sp³-hybridized carbons (Fsp3) is 0.750. The van der Waals surface area contributed by atoms with Gasteiger partial charge in [-0.3, -0.25) is 4.79 Å². The van der Waals surface area contributed by atoms with Crippen LogP contribution in [-0.4, -0.2) is 18.6 Å². The number of rotatable bonds is 6. The molecule has 15 heavy (non-hydrogen) atoms. The van der Waals surface area contributed by atoms with E-state index in [9.17, 15) is 4.79 Å². The Labute approximate surface area is 92.7 Å². The summed E-state index contributed by atoms with van der Waals surface area (Å²) in [6.45, 7) is 10.6. The first-order valence-corrected chi connectivity index (χ1v) is 5.44. The maximum atomic E-state index is 11.2. The van der Waals surface area contributed by atoms with Crippen LogP contribution in [0.5, 0.6) is 0 Å². The maximum absolute atomic E-state index is 11.2. The smallest absolute Gasteiger partial charge is 0.246 e. The minimum absolute atomic E-state index is 0.136. The number of allylic oxidation sites excluding steroid dienone is 2. The minimum Gasteiger partial charge on any atom is -0.368 e. The van der Waals surface area contributed by atoms with Crippen molar-refractivity contribution in [1.82, 2.24) is 0 Å². The lowest BCUT2D eigenvalue weighted by molar-refractivity contribution is -0.132. The molecule has 2 N–H and O–H groups in total. The Morgan fingerprint density at radius 2 is 1.87 bits per heavy atom. The van der Waals surface area contributed by atoms with Gasteiger partial charge in [-0.15, -0.1) is 0 Å². The van der Waals surface area contributed by atoms with E-state index in [4.69, 9.17) is 10.5 Å². The third kappa shape index (κ3) is 4.98.